The molecule has 1 amide bonds. The molecule has 3 aromatic rings. The van der Waals surface area contributed by atoms with Gasteiger partial charge in [0, 0.05) is 37.3 Å². The molecule has 1 unspecified atom stereocenters. The fourth-order valence-corrected chi connectivity index (χ4v) is 3.45. The molecule has 1 aromatic carbocycles. The number of benzene rings is 1. The number of hydrogen-bond donors (Lipinski definition) is 1. The summed E-state index contributed by atoms with van der Waals surface area (Å²) in [5.74, 6) is -0.0217. The Labute approximate surface area is 152 Å². The summed E-state index contributed by atoms with van der Waals surface area (Å²) in [4.78, 5) is 19.1. The van der Waals surface area contributed by atoms with Crippen LogP contribution in [0.5, 0.6) is 0 Å². The number of carbonyl (C=O) groups is 1. The number of hydrogen-bond acceptors (Lipinski definition) is 4. The number of rotatable bonds is 6. The Morgan fingerprint density at radius 3 is 2.85 bits per heavy atom. The maximum absolute atomic E-state index is 12.4. The second-order valence-corrected chi connectivity index (χ2v) is 6.82. The molecule has 2 aromatic heterocycles. The van der Waals surface area contributed by atoms with Crippen LogP contribution in [0.4, 0.5) is 0 Å². The zero-order chi connectivity index (χ0) is 17.9. The Bertz CT molecular complexity index is 905. The van der Waals surface area contributed by atoms with Crippen molar-refractivity contribution in [3.05, 3.63) is 59.9 Å². The standard InChI is InChI=1S/C20H23N5O/c1-15-18-8-5-10-21-20(18)25(23-15)14-19(26)22-12-17-9-11-24(17)13-16-6-3-2-4-7-16/h2-8,10,17H,9,11-14H2,1H3,(H,22,26). The first-order chi connectivity index (χ1) is 12.7. The Kier molecular flexibility index (Phi) is 4.67. The molecule has 0 radical (unpaired) electrons. The van der Waals surface area contributed by atoms with Crippen LogP contribution in [-0.4, -0.2) is 44.7 Å². The highest BCUT2D eigenvalue weighted by Gasteiger charge is 2.28. The summed E-state index contributed by atoms with van der Waals surface area (Å²) in [6, 6.07) is 14.7. The predicted octanol–water partition coefficient (Wildman–Crippen LogP) is 2.13. The van der Waals surface area contributed by atoms with Crippen molar-refractivity contribution in [1.82, 2.24) is 25.0 Å². The quantitative estimate of drug-likeness (QED) is 0.740. The largest absolute Gasteiger partial charge is 0.353 e. The lowest BCUT2D eigenvalue weighted by Gasteiger charge is -2.41. The highest BCUT2D eigenvalue weighted by molar-refractivity contribution is 5.81. The van der Waals surface area contributed by atoms with Gasteiger partial charge in [0.05, 0.1) is 5.69 Å². The highest BCUT2D eigenvalue weighted by Crippen LogP contribution is 2.20. The molecule has 4 rings (SSSR count). The molecule has 1 saturated heterocycles. The van der Waals surface area contributed by atoms with Crippen LogP contribution < -0.4 is 5.32 Å². The number of carbonyl (C=O) groups excluding carboxylic acids is 1. The van der Waals surface area contributed by atoms with Crippen LogP contribution in [0.25, 0.3) is 11.0 Å². The average Bonchev–Trinajstić information content (AvgIpc) is 2.96. The van der Waals surface area contributed by atoms with E-state index in [1.165, 1.54) is 5.56 Å². The summed E-state index contributed by atoms with van der Waals surface area (Å²) < 4.78 is 1.68. The van der Waals surface area contributed by atoms with Crippen LogP contribution in [0.15, 0.2) is 48.7 Å². The van der Waals surface area contributed by atoms with E-state index in [0.29, 0.717) is 12.6 Å². The van der Waals surface area contributed by atoms with Crippen molar-refractivity contribution < 1.29 is 4.79 Å². The van der Waals surface area contributed by atoms with Gasteiger partial charge in [0.1, 0.15) is 6.54 Å². The van der Waals surface area contributed by atoms with Crippen molar-refractivity contribution in [2.75, 3.05) is 13.1 Å². The van der Waals surface area contributed by atoms with Crippen LogP contribution in [0.3, 0.4) is 0 Å². The molecule has 0 bridgehead atoms. The van der Waals surface area contributed by atoms with E-state index in [-0.39, 0.29) is 12.5 Å². The average molecular weight is 349 g/mol. The van der Waals surface area contributed by atoms with Gasteiger partial charge in [-0.2, -0.15) is 5.10 Å². The molecule has 134 valence electrons. The van der Waals surface area contributed by atoms with Crippen molar-refractivity contribution in [1.29, 1.82) is 0 Å². The maximum Gasteiger partial charge on any atom is 0.241 e. The van der Waals surface area contributed by atoms with Crippen LogP contribution in [0.2, 0.25) is 0 Å². The lowest BCUT2D eigenvalue weighted by molar-refractivity contribution is -0.122. The molecule has 6 nitrogen and oxygen atoms in total. The van der Waals surface area contributed by atoms with E-state index < -0.39 is 0 Å². The monoisotopic (exact) mass is 349 g/mol. The number of nitrogens with zero attached hydrogens (tertiary/aromatic N) is 4. The van der Waals surface area contributed by atoms with E-state index in [4.69, 9.17) is 0 Å². The van der Waals surface area contributed by atoms with Gasteiger partial charge in [-0.1, -0.05) is 30.3 Å². The molecule has 1 fully saturated rings. The van der Waals surface area contributed by atoms with Crippen LogP contribution in [0, 0.1) is 6.92 Å². The molecule has 3 heterocycles. The van der Waals surface area contributed by atoms with Gasteiger partial charge < -0.3 is 5.32 Å². The van der Waals surface area contributed by atoms with E-state index >= 15 is 0 Å². The molecule has 1 aliphatic rings. The lowest BCUT2D eigenvalue weighted by atomic mass is 10.0. The third-order valence-electron chi connectivity index (χ3n) is 5.01. The first-order valence-corrected chi connectivity index (χ1v) is 9.03. The SMILES string of the molecule is Cc1nn(CC(=O)NCC2CCN2Cc2ccccc2)c2ncccc12. The number of nitrogens with one attached hydrogen (secondary N) is 1. The van der Waals surface area contributed by atoms with Gasteiger partial charge >= 0.3 is 0 Å². The highest BCUT2D eigenvalue weighted by atomic mass is 16.2. The third kappa shape index (κ3) is 3.46. The minimum absolute atomic E-state index is 0.0217. The molecule has 1 atom stereocenters. The van der Waals surface area contributed by atoms with Gasteiger partial charge in [-0.3, -0.25) is 9.69 Å². The predicted molar refractivity (Wildman–Crippen MR) is 101 cm³/mol. The van der Waals surface area contributed by atoms with Gasteiger partial charge in [-0.25, -0.2) is 9.67 Å². The molecular formula is C20H23N5O. The van der Waals surface area contributed by atoms with Gasteiger partial charge in [-0.15, -0.1) is 0 Å². The fraction of sp³-hybridized carbons (Fsp3) is 0.350. The zero-order valence-electron chi connectivity index (χ0n) is 14.9. The van der Waals surface area contributed by atoms with Crippen LogP contribution in [-0.2, 0) is 17.9 Å². The maximum atomic E-state index is 12.4. The molecule has 1 N–H and O–H groups in total. The van der Waals surface area contributed by atoms with Crippen molar-refractivity contribution in [2.45, 2.75) is 32.5 Å². The summed E-state index contributed by atoms with van der Waals surface area (Å²) in [5.41, 5.74) is 2.97. The van der Waals surface area contributed by atoms with E-state index in [1.54, 1.807) is 10.9 Å². The second kappa shape index (κ2) is 7.25. The second-order valence-electron chi connectivity index (χ2n) is 6.82. The number of fused-ring (bicyclic) bond motifs is 1. The summed E-state index contributed by atoms with van der Waals surface area (Å²) in [6.07, 6.45) is 2.85. The normalized spacial score (nSPS) is 17.2. The molecule has 0 spiro atoms. The van der Waals surface area contributed by atoms with Gasteiger partial charge in [0.25, 0.3) is 0 Å². The summed E-state index contributed by atoms with van der Waals surface area (Å²) >= 11 is 0. The molecule has 1 aliphatic heterocycles. The number of likely N-dealkylation sites (tertiary alicyclic amines) is 1. The Balaban J connectivity index is 1.31. The first-order valence-electron chi connectivity index (χ1n) is 9.03. The lowest BCUT2D eigenvalue weighted by Crippen LogP contribution is -2.53. The van der Waals surface area contributed by atoms with Gasteiger partial charge in [0.2, 0.25) is 5.91 Å². The topological polar surface area (TPSA) is 63.1 Å². The van der Waals surface area contributed by atoms with Crippen LogP contribution >= 0.6 is 0 Å². The van der Waals surface area contributed by atoms with E-state index in [0.717, 1.165) is 36.2 Å². The summed E-state index contributed by atoms with van der Waals surface area (Å²) in [6.45, 7) is 4.84. The fourth-order valence-electron chi connectivity index (χ4n) is 3.45. The molecule has 0 saturated carbocycles. The Morgan fingerprint density at radius 2 is 2.08 bits per heavy atom. The van der Waals surface area contributed by atoms with Gasteiger partial charge in [-0.05, 0) is 31.0 Å². The number of pyridine rings is 1. The van der Waals surface area contributed by atoms with Crippen molar-refractivity contribution in [3.63, 3.8) is 0 Å². The summed E-state index contributed by atoms with van der Waals surface area (Å²) in [7, 11) is 0. The smallest absolute Gasteiger partial charge is 0.241 e. The summed E-state index contributed by atoms with van der Waals surface area (Å²) in [5, 5.41) is 8.49. The number of aryl methyl sites for hydroxylation is 1. The third-order valence-corrected chi connectivity index (χ3v) is 5.01. The van der Waals surface area contributed by atoms with Crippen LogP contribution in [0.1, 0.15) is 17.7 Å². The van der Waals surface area contributed by atoms with Crippen molar-refractivity contribution in [2.24, 2.45) is 0 Å². The zero-order valence-corrected chi connectivity index (χ0v) is 14.9. The molecule has 0 aliphatic carbocycles. The number of aromatic nitrogens is 3. The van der Waals surface area contributed by atoms with E-state index in [2.05, 4.69) is 44.6 Å². The van der Waals surface area contributed by atoms with Crippen molar-refractivity contribution >= 4 is 16.9 Å². The first kappa shape index (κ1) is 16.7. The molecular weight excluding hydrogens is 326 g/mol. The van der Waals surface area contributed by atoms with Crippen molar-refractivity contribution in [3.8, 4) is 0 Å². The number of amides is 1. The van der Waals surface area contributed by atoms with Gasteiger partial charge in [0.15, 0.2) is 5.65 Å². The molecule has 26 heavy (non-hydrogen) atoms. The molecule has 6 heteroatoms. The minimum Gasteiger partial charge on any atom is -0.353 e. The Hall–Kier alpha value is -2.73. The Morgan fingerprint density at radius 1 is 1.23 bits per heavy atom. The van der Waals surface area contributed by atoms with E-state index in [9.17, 15) is 4.79 Å². The van der Waals surface area contributed by atoms with E-state index in [1.807, 2.05) is 25.1 Å². The minimum atomic E-state index is -0.0217.